The lowest BCUT2D eigenvalue weighted by Gasteiger charge is -2.30. The monoisotopic (exact) mass is 352 g/mol. The number of ether oxygens (including phenoxy) is 1. The van der Waals surface area contributed by atoms with E-state index in [1.165, 1.54) is 11.8 Å². The van der Waals surface area contributed by atoms with Crippen LogP contribution in [0.15, 0.2) is 30.3 Å². The van der Waals surface area contributed by atoms with Gasteiger partial charge >= 0.3 is 0 Å². The Bertz CT molecular complexity index is 612. The summed E-state index contributed by atoms with van der Waals surface area (Å²) in [5, 5.41) is 3.35. The number of rotatable bonds is 6. The second-order valence-electron chi connectivity index (χ2n) is 7.06. The molecule has 0 radical (unpaired) electrons. The van der Waals surface area contributed by atoms with E-state index in [4.69, 9.17) is 4.74 Å². The molecular weight excluding hydrogens is 324 g/mol. The van der Waals surface area contributed by atoms with Crippen molar-refractivity contribution in [3.8, 4) is 0 Å². The summed E-state index contributed by atoms with van der Waals surface area (Å²) in [6.07, 6.45) is 6.82. The highest BCUT2D eigenvalue weighted by Crippen LogP contribution is 2.34. The SMILES string of the molecule is CS(=O)(=O)N[C@@H]1CCN[C@@H]1CO[C@H]1CC[C@@H](c2ccccc2)CC1. The van der Waals surface area contributed by atoms with Gasteiger partial charge < -0.3 is 10.1 Å². The maximum Gasteiger partial charge on any atom is 0.209 e. The lowest BCUT2D eigenvalue weighted by Crippen LogP contribution is -2.46. The van der Waals surface area contributed by atoms with E-state index >= 15 is 0 Å². The van der Waals surface area contributed by atoms with Gasteiger partial charge in [-0.3, -0.25) is 0 Å². The summed E-state index contributed by atoms with van der Waals surface area (Å²) in [4.78, 5) is 0. The van der Waals surface area contributed by atoms with Crippen molar-refractivity contribution in [3.63, 3.8) is 0 Å². The minimum absolute atomic E-state index is 0.0549. The van der Waals surface area contributed by atoms with E-state index in [-0.39, 0.29) is 12.1 Å². The maximum atomic E-state index is 11.4. The lowest BCUT2D eigenvalue weighted by molar-refractivity contribution is 0.0126. The van der Waals surface area contributed by atoms with Gasteiger partial charge in [0.05, 0.1) is 19.0 Å². The van der Waals surface area contributed by atoms with Gasteiger partial charge in [-0.2, -0.15) is 0 Å². The first kappa shape index (κ1) is 17.9. The van der Waals surface area contributed by atoms with Crippen LogP contribution in [0.25, 0.3) is 0 Å². The largest absolute Gasteiger partial charge is 0.377 e. The van der Waals surface area contributed by atoms with E-state index in [1.807, 2.05) is 0 Å². The van der Waals surface area contributed by atoms with E-state index < -0.39 is 10.0 Å². The fraction of sp³-hybridized carbons (Fsp3) is 0.667. The van der Waals surface area contributed by atoms with Crippen LogP contribution in [0.4, 0.5) is 0 Å². The minimum Gasteiger partial charge on any atom is -0.377 e. The third-order valence-corrected chi connectivity index (χ3v) is 5.90. The molecule has 24 heavy (non-hydrogen) atoms. The predicted molar refractivity (Wildman–Crippen MR) is 95.6 cm³/mol. The van der Waals surface area contributed by atoms with Gasteiger partial charge in [-0.05, 0) is 50.1 Å². The van der Waals surface area contributed by atoms with Gasteiger partial charge in [0, 0.05) is 12.1 Å². The van der Waals surface area contributed by atoms with Crippen LogP contribution < -0.4 is 10.0 Å². The summed E-state index contributed by atoms with van der Waals surface area (Å²) in [7, 11) is -3.17. The third kappa shape index (κ3) is 5.02. The molecule has 2 atom stereocenters. The zero-order valence-corrected chi connectivity index (χ0v) is 15.1. The van der Waals surface area contributed by atoms with Crippen LogP contribution in [0.2, 0.25) is 0 Å². The summed E-state index contributed by atoms with van der Waals surface area (Å²) in [5.74, 6) is 0.648. The molecule has 2 N–H and O–H groups in total. The van der Waals surface area contributed by atoms with Gasteiger partial charge in [0.25, 0.3) is 0 Å². The van der Waals surface area contributed by atoms with E-state index in [9.17, 15) is 8.42 Å². The van der Waals surface area contributed by atoms with Crippen molar-refractivity contribution in [2.24, 2.45) is 0 Å². The zero-order chi connectivity index (χ0) is 17.0. The highest BCUT2D eigenvalue weighted by Gasteiger charge is 2.30. The number of hydrogen-bond acceptors (Lipinski definition) is 4. The highest BCUT2D eigenvalue weighted by atomic mass is 32.2. The van der Waals surface area contributed by atoms with Crippen molar-refractivity contribution in [3.05, 3.63) is 35.9 Å². The smallest absolute Gasteiger partial charge is 0.209 e. The molecule has 0 amide bonds. The first-order valence-corrected chi connectivity index (χ1v) is 10.8. The molecule has 0 bridgehead atoms. The average Bonchev–Trinajstić information content (AvgIpc) is 2.99. The fourth-order valence-corrected chi connectivity index (χ4v) is 4.72. The predicted octanol–water partition coefficient (Wildman–Crippen LogP) is 2.01. The molecule has 2 fully saturated rings. The van der Waals surface area contributed by atoms with E-state index in [0.717, 1.165) is 38.6 Å². The summed E-state index contributed by atoms with van der Waals surface area (Å²) >= 11 is 0. The normalized spacial score (nSPS) is 31.2. The first-order chi connectivity index (χ1) is 11.5. The molecule has 2 aliphatic rings. The van der Waals surface area contributed by atoms with E-state index in [1.54, 1.807) is 0 Å². The minimum atomic E-state index is -3.17. The van der Waals surface area contributed by atoms with Crippen molar-refractivity contribution >= 4 is 10.0 Å². The molecule has 0 unspecified atom stereocenters. The van der Waals surface area contributed by atoms with Crippen LogP contribution in [-0.2, 0) is 14.8 Å². The summed E-state index contributed by atoms with van der Waals surface area (Å²) in [6.45, 7) is 1.41. The molecule has 1 aromatic carbocycles. The number of sulfonamides is 1. The van der Waals surface area contributed by atoms with Crippen LogP contribution in [0, 0.1) is 0 Å². The molecule has 0 aromatic heterocycles. The van der Waals surface area contributed by atoms with E-state index in [0.29, 0.717) is 18.6 Å². The molecular formula is C18H28N2O3S. The van der Waals surface area contributed by atoms with E-state index in [2.05, 4.69) is 40.4 Å². The van der Waals surface area contributed by atoms with Gasteiger partial charge in [-0.25, -0.2) is 13.1 Å². The third-order valence-electron chi connectivity index (χ3n) is 5.17. The van der Waals surface area contributed by atoms with Gasteiger partial charge in [0.15, 0.2) is 0 Å². The Labute approximate surface area is 145 Å². The Kier molecular flexibility index (Phi) is 5.92. The molecule has 1 saturated heterocycles. The Balaban J connectivity index is 1.43. The van der Waals surface area contributed by atoms with Gasteiger partial charge in [-0.15, -0.1) is 0 Å². The van der Waals surface area contributed by atoms with Crippen LogP contribution in [-0.4, -0.2) is 46.0 Å². The highest BCUT2D eigenvalue weighted by molar-refractivity contribution is 7.88. The van der Waals surface area contributed by atoms with Gasteiger partial charge in [-0.1, -0.05) is 30.3 Å². The molecule has 6 heteroatoms. The lowest BCUT2D eigenvalue weighted by atomic mass is 9.83. The van der Waals surface area contributed by atoms with Crippen molar-refractivity contribution in [2.45, 2.75) is 56.2 Å². The Morgan fingerprint density at radius 2 is 1.83 bits per heavy atom. The van der Waals surface area contributed by atoms with Crippen molar-refractivity contribution in [1.29, 1.82) is 0 Å². The number of nitrogens with one attached hydrogen (secondary N) is 2. The van der Waals surface area contributed by atoms with Crippen molar-refractivity contribution in [1.82, 2.24) is 10.0 Å². The Morgan fingerprint density at radius 3 is 2.50 bits per heavy atom. The van der Waals surface area contributed by atoms with Crippen molar-refractivity contribution < 1.29 is 13.2 Å². The molecule has 1 aliphatic carbocycles. The second-order valence-corrected chi connectivity index (χ2v) is 8.84. The summed E-state index contributed by atoms with van der Waals surface area (Å²) in [5.41, 5.74) is 1.44. The molecule has 3 rings (SSSR count). The van der Waals surface area contributed by atoms with Crippen LogP contribution in [0.1, 0.15) is 43.6 Å². The van der Waals surface area contributed by atoms with Gasteiger partial charge in [0.2, 0.25) is 10.0 Å². The molecule has 1 aliphatic heterocycles. The maximum absolute atomic E-state index is 11.4. The van der Waals surface area contributed by atoms with Gasteiger partial charge in [0.1, 0.15) is 0 Å². The Hall–Kier alpha value is -0.950. The second kappa shape index (κ2) is 7.95. The van der Waals surface area contributed by atoms with Crippen LogP contribution in [0.3, 0.4) is 0 Å². The number of hydrogen-bond donors (Lipinski definition) is 2. The molecule has 1 aromatic rings. The Morgan fingerprint density at radius 1 is 1.12 bits per heavy atom. The quantitative estimate of drug-likeness (QED) is 0.822. The number of benzene rings is 1. The topological polar surface area (TPSA) is 67.4 Å². The molecule has 134 valence electrons. The van der Waals surface area contributed by atoms with Crippen molar-refractivity contribution in [2.75, 3.05) is 19.4 Å². The van der Waals surface area contributed by atoms with Crippen LogP contribution >= 0.6 is 0 Å². The molecule has 5 nitrogen and oxygen atoms in total. The fourth-order valence-electron chi connectivity index (χ4n) is 3.89. The molecule has 1 heterocycles. The molecule has 0 spiro atoms. The average molecular weight is 353 g/mol. The zero-order valence-electron chi connectivity index (χ0n) is 14.3. The standard InChI is InChI=1S/C18H28N2O3S/c1-24(21,22)20-17-11-12-19-18(17)13-23-16-9-7-15(8-10-16)14-5-3-2-4-6-14/h2-6,15-20H,7-13H2,1H3/t15-,16+,17-,18-/m1/s1. The first-order valence-electron chi connectivity index (χ1n) is 8.88. The summed E-state index contributed by atoms with van der Waals surface area (Å²) in [6, 6.07) is 10.7. The summed E-state index contributed by atoms with van der Waals surface area (Å²) < 4.78 is 31.7. The van der Waals surface area contributed by atoms with Crippen LogP contribution in [0.5, 0.6) is 0 Å². The molecule has 1 saturated carbocycles.